The van der Waals surface area contributed by atoms with E-state index in [4.69, 9.17) is 13.8 Å². The van der Waals surface area contributed by atoms with Gasteiger partial charge in [0.25, 0.3) is 0 Å². The second-order valence-corrected chi connectivity index (χ2v) is 13.5. The Hall–Kier alpha value is -7.37. The fourth-order valence-corrected chi connectivity index (χ4v) is 8.02. The Morgan fingerprint density at radius 3 is 1.93 bits per heavy atom. The molecule has 0 aliphatic rings. The average molecular weight is 694 g/mol. The molecule has 0 bridgehead atoms. The molecule has 0 saturated heterocycles. The van der Waals surface area contributed by atoms with Gasteiger partial charge in [-0.05, 0) is 77.9 Å². The first kappa shape index (κ1) is 30.3. The first-order valence-corrected chi connectivity index (χ1v) is 18.1. The van der Waals surface area contributed by atoms with E-state index in [2.05, 4.69) is 155 Å². The fraction of sp³-hybridized carbons (Fsp3) is 0. The standard InChI is InChI=1S/C49H31N3O2/c1-4-16-32(17-5-1)34-20-14-23-36(30-34)52(43-28-15-27-42-45(43)38-25-10-12-26-41(38)51(42)35-21-8-3-9-22-35)46-47-39(37-24-11-13-29-44(37)53-47)31-40-48(46)54-49(50-40)33-18-6-2-7-19-33/h1-31H. The Kier molecular flexibility index (Phi) is 6.79. The molecule has 11 aromatic rings. The van der Waals surface area contributed by atoms with E-state index in [0.29, 0.717) is 11.5 Å². The largest absolute Gasteiger partial charge is 0.454 e. The van der Waals surface area contributed by atoms with E-state index < -0.39 is 0 Å². The van der Waals surface area contributed by atoms with Gasteiger partial charge in [0.1, 0.15) is 16.8 Å². The highest BCUT2D eigenvalue weighted by Gasteiger charge is 2.29. The van der Waals surface area contributed by atoms with Crippen molar-refractivity contribution >= 4 is 71.9 Å². The van der Waals surface area contributed by atoms with Crippen LogP contribution in [0.4, 0.5) is 17.1 Å². The number of anilines is 3. The predicted molar refractivity (Wildman–Crippen MR) is 221 cm³/mol. The SMILES string of the molecule is c1ccc(-c2cccc(N(c3c4oc(-c5ccccc5)nc4cc4c3oc3ccccc34)c3cccc4c3c3ccccc3n4-c3ccccc3)c2)cc1. The van der Waals surface area contributed by atoms with Gasteiger partial charge in [-0.1, -0.05) is 121 Å². The molecule has 0 radical (unpaired) electrons. The van der Waals surface area contributed by atoms with Crippen LogP contribution in [0, 0.1) is 0 Å². The highest BCUT2D eigenvalue weighted by atomic mass is 16.4. The van der Waals surface area contributed by atoms with Crippen LogP contribution < -0.4 is 4.90 Å². The van der Waals surface area contributed by atoms with Crippen molar-refractivity contribution < 1.29 is 8.83 Å². The summed E-state index contributed by atoms with van der Waals surface area (Å²) >= 11 is 0. The Balaban J connectivity index is 1.30. The minimum atomic E-state index is 0.556. The van der Waals surface area contributed by atoms with E-state index in [1.54, 1.807) is 0 Å². The van der Waals surface area contributed by atoms with Crippen LogP contribution in [0.15, 0.2) is 197 Å². The molecule has 3 heterocycles. The summed E-state index contributed by atoms with van der Waals surface area (Å²) in [5.41, 5.74) is 12.2. The molecule has 0 atom stereocenters. The minimum Gasteiger partial charge on any atom is -0.454 e. The molecule has 54 heavy (non-hydrogen) atoms. The van der Waals surface area contributed by atoms with Crippen molar-refractivity contribution in [2.75, 3.05) is 4.90 Å². The third-order valence-corrected chi connectivity index (χ3v) is 10.4. The zero-order valence-electron chi connectivity index (χ0n) is 29.1. The van der Waals surface area contributed by atoms with Gasteiger partial charge in [0.2, 0.25) is 5.89 Å². The van der Waals surface area contributed by atoms with E-state index in [9.17, 15) is 0 Å². The molecule has 0 amide bonds. The van der Waals surface area contributed by atoms with Crippen molar-refractivity contribution in [3.05, 3.63) is 188 Å². The molecule has 3 aromatic heterocycles. The third-order valence-electron chi connectivity index (χ3n) is 10.4. The molecule has 0 fully saturated rings. The number of oxazole rings is 1. The van der Waals surface area contributed by atoms with Crippen LogP contribution in [0.1, 0.15) is 0 Å². The quantitative estimate of drug-likeness (QED) is 0.174. The smallest absolute Gasteiger partial charge is 0.227 e. The number of furan rings is 1. The van der Waals surface area contributed by atoms with E-state index in [1.165, 1.54) is 0 Å². The molecule has 5 nitrogen and oxygen atoms in total. The summed E-state index contributed by atoms with van der Waals surface area (Å²) in [6.07, 6.45) is 0. The monoisotopic (exact) mass is 693 g/mol. The number of nitrogens with zero attached hydrogens (tertiary/aromatic N) is 3. The first-order chi connectivity index (χ1) is 26.8. The Labute approximate surface area is 310 Å². The lowest BCUT2D eigenvalue weighted by Crippen LogP contribution is -2.11. The van der Waals surface area contributed by atoms with Gasteiger partial charge in [-0.25, -0.2) is 4.98 Å². The number of hydrogen-bond acceptors (Lipinski definition) is 4. The summed E-state index contributed by atoms with van der Waals surface area (Å²) in [5.74, 6) is 0.556. The lowest BCUT2D eigenvalue weighted by molar-refractivity contribution is 0.618. The predicted octanol–water partition coefficient (Wildman–Crippen LogP) is 13.6. The van der Waals surface area contributed by atoms with Crippen LogP contribution >= 0.6 is 0 Å². The molecule has 0 spiro atoms. The molecular formula is C49H31N3O2. The Morgan fingerprint density at radius 1 is 0.463 bits per heavy atom. The number of fused-ring (bicyclic) bond motifs is 7. The number of aromatic nitrogens is 2. The summed E-state index contributed by atoms with van der Waals surface area (Å²) in [6, 6.07) is 65.4. The van der Waals surface area contributed by atoms with E-state index in [1.807, 2.05) is 42.5 Å². The van der Waals surface area contributed by atoms with Crippen LogP contribution in [0.2, 0.25) is 0 Å². The molecule has 0 aliphatic heterocycles. The lowest BCUT2D eigenvalue weighted by Gasteiger charge is -2.27. The second-order valence-electron chi connectivity index (χ2n) is 13.5. The summed E-state index contributed by atoms with van der Waals surface area (Å²) in [7, 11) is 0. The van der Waals surface area contributed by atoms with Crippen LogP contribution in [0.25, 0.3) is 83.1 Å². The average Bonchev–Trinajstić information content (AvgIpc) is 3.94. The lowest BCUT2D eigenvalue weighted by atomic mass is 10.0. The summed E-state index contributed by atoms with van der Waals surface area (Å²) in [4.78, 5) is 7.45. The zero-order valence-corrected chi connectivity index (χ0v) is 29.1. The van der Waals surface area contributed by atoms with Gasteiger partial charge in [-0.3, -0.25) is 0 Å². The molecule has 0 N–H and O–H groups in total. The molecule has 11 rings (SSSR count). The normalized spacial score (nSPS) is 11.7. The van der Waals surface area contributed by atoms with Crippen molar-refractivity contribution in [1.82, 2.24) is 9.55 Å². The number of rotatable bonds is 6. The van der Waals surface area contributed by atoms with Crippen LogP contribution in [-0.2, 0) is 0 Å². The highest BCUT2D eigenvalue weighted by Crippen LogP contribution is 2.50. The number of para-hydroxylation sites is 3. The van der Waals surface area contributed by atoms with Gasteiger partial charge in [-0.15, -0.1) is 0 Å². The van der Waals surface area contributed by atoms with Crippen molar-refractivity contribution in [2.45, 2.75) is 0 Å². The van der Waals surface area contributed by atoms with Gasteiger partial charge >= 0.3 is 0 Å². The highest BCUT2D eigenvalue weighted by molar-refractivity contribution is 6.21. The molecule has 254 valence electrons. The summed E-state index contributed by atoms with van der Waals surface area (Å²) in [6.45, 7) is 0. The summed E-state index contributed by atoms with van der Waals surface area (Å²) in [5, 5.41) is 4.26. The van der Waals surface area contributed by atoms with E-state index in [0.717, 1.165) is 88.7 Å². The van der Waals surface area contributed by atoms with Crippen LogP contribution in [-0.4, -0.2) is 9.55 Å². The molecule has 5 heteroatoms. The molecule has 0 unspecified atom stereocenters. The van der Waals surface area contributed by atoms with Crippen LogP contribution in [0.5, 0.6) is 0 Å². The maximum atomic E-state index is 6.88. The zero-order chi connectivity index (χ0) is 35.6. The topological polar surface area (TPSA) is 47.3 Å². The summed E-state index contributed by atoms with van der Waals surface area (Å²) < 4.78 is 16.1. The number of hydrogen-bond donors (Lipinski definition) is 0. The van der Waals surface area contributed by atoms with Crippen molar-refractivity contribution in [3.8, 4) is 28.3 Å². The van der Waals surface area contributed by atoms with E-state index in [-0.39, 0.29) is 0 Å². The number of benzene rings is 8. The van der Waals surface area contributed by atoms with Gasteiger partial charge in [0, 0.05) is 38.5 Å². The van der Waals surface area contributed by atoms with Gasteiger partial charge in [0.05, 0.1) is 16.7 Å². The molecule has 0 aliphatic carbocycles. The molecule has 0 saturated carbocycles. The maximum absolute atomic E-state index is 6.88. The second kappa shape index (κ2) is 12.1. The van der Waals surface area contributed by atoms with Gasteiger partial charge in [-0.2, -0.15) is 0 Å². The Bertz CT molecular complexity index is 3160. The van der Waals surface area contributed by atoms with E-state index >= 15 is 0 Å². The third kappa shape index (κ3) is 4.69. The maximum Gasteiger partial charge on any atom is 0.227 e. The fourth-order valence-electron chi connectivity index (χ4n) is 8.02. The van der Waals surface area contributed by atoms with Crippen molar-refractivity contribution in [2.24, 2.45) is 0 Å². The first-order valence-electron chi connectivity index (χ1n) is 18.1. The van der Waals surface area contributed by atoms with Gasteiger partial charge in [0.15, 0.2) is 11.2 Å². The van der Waals surface area contributed by atoms with Crippen molar-refractivity contribution in [3.63, 3.8) is 0 Å². The molecule has 8 aromatic carbocycles. The molecular weight excluding hydrogens is 663 g/mol. The van der Waals surface area contributed by atoms with Gasteiger partial charge < -0.3 is 18.3 Å². The van der Waals surface area contributed by atoms with Crippen molar-refractivity contribution in [1.29, 1.82) is 0 Å². The minimum absolute atomic E-state index is 0.556. The Morgan fingerprint density at radius 2 is 1.11 bits per heavy atom. The van der Waals surface area contributed by atoms with Crippen LogP contribution in [0.3, 0.4) is 0 Å².